The fourth-order valence-corrected chi connectivity index (χ4v) is 1.78. The summed E-state index contributed by atoms with van der Waals surface area (Å²) >= 11 is 0. The van der Waals surface area contributed by atoms with Crippen LogP contribution in [0.4, 0.5) is 0 Å². The van der Waals surface area contributed by atoms with Crippen molar-refractivity contribution in [1.29, 1.82) is 0 Å². The van der Waals surface area contributed by atoms with Gasteiger partial charge in [-0.3, -0.25) is 9.59 Å². The van der Waals surface area contributed by atoms with E-state index in [1.807, 2.05) is 30.3 Å². The molecule has 0 saturated heterocycles. The fourth-order valence-electron chi connectivity index (χ4n) is 1.78. The van der Waals surface area contributed by atoms with E-state index in [4.69, 9.17) is 10.5 Å². The van der Waals surface area contributed by atoms with E-state index >= 15 is 0 Å². The predicted octanol–water partition coefficient (Wildman–Crippen LogP) is 0.872. The number of carbonyl (C=O) groups excluding carboxylic acids is 2. The van der Waals surface area contributed by atoms with Crippen molar-refractivity contribution in [1.82, 2.24) is 5.32 Å². The minimum Gasteiger partial charge on any atom is -0.466 e. The largest absolute Gasteiger partial charge is 0.466 e. The Kier molecular flexibility index (Phi) is 6.73. The first-order valence-corrected chi connectivity index (χ1v) is 6.78. The van der Waals surface area contributed by atoms with Crippen molar-refractivity contribution in [2.45, 2.75) is 26.3 Å². The van der Waals surface area contributed by atoms with Gasteiger partial charge >= 0.3 is 5.97 Å². The Morgan fingerprint density at radius 1 is 1.30 bits per heavy atom. The van der Waals surface area contributed by atoms with Crippen LogP contribution in [-0.4, -0.2) is 31.1 Å². The molecule has 0 fully saturated rings. The fraction of sp³-hybridized carbons (Fsp3) is 0.467. The Bertz CT molecular complexity index is 432. The SMILES string of the molecule is CCOC(=O)C(CNC(=O)[C@H](C)N)Cc1ccccc1. The first-order chi connectivity index (χ1) is 9.54. The van der Waals surface area contributed by atoms with E-state index in [0.717, 1.165) is 5.56 Å². The highest BCUT2D eigenvalue weighted by atomic mass is 16.5. The van der Waals surface area contributed by atoms with Gasteiger partial charge in [0.2, 0.25) is 5.91 Å². The molecule has 1 unspecified atom stereocenters. The molecule has 1 rings (SSSR count). The van der Waals surface area contributed by atoms with Crippen LogP contribution in [0.2, 0.25) is 0 Å². The van der Waals surface area contributed by atoms with Crippen molar-refractivity contribution in [2.75, 3.05) is 13.2 Å². The molecule has 2 atom stereocenters. The summed E-state index contributed by atoms with van der Waals surface area (Å²) in [7, 11) is 0. The first kappa shape index (κ1) is 16.2. The molecule has 0 bridgehead atoms. The molecule has 1 amide bonds. The van der Waals surface area contributed by atoms with E-state index in [9.17, 15) is 9.59 Å². The zero-order valence-electron chi connectivity index (χ0n) is 12.0. The maximum absolute atomic E-state index is 11.9. The van der Waals surface area contributed by atoms with Crippen LogP contribution < -0.4 is 11.1 Å². The zero-order chi connectivity index (χ0) is 15.0. The molecule has 1 aromatic rings. The van der Waals surface area contributed by atoms with Crippen molar-refractivity contribution >= 4 is 11.9 Å². The van der Waals surface area contributed by atoms with Crippen LogP contribution >= 0.6 is 0 Å². The number of hydrogen-bond donors (Lipinski definition) is 2. The molecule has 0 aliphatic heterocycles. The zero-order valence-corrected chi connectivity index (χ0v) is 12.0. The van der Waals surface area contributed by atoms with E-state index in [1.54, 1.807) is 13.8 Å². The highest BCUT2D eigenvalue weighted by Crippen LogP contribution is 2.10. The standard InChI is InChI=1S/C15H22N2O3/c1-3-20-15(19)13(10-17-14(18)11(2)16)9-12-7-5-4-6-8-12/h4-8,11,13H,3,9-10,16H2,1-2H3,(H,17,18)/t11-,13?/m0/s1. The van der Waals surface area contributed by atoms with E-state index in [0.29, 0.717) is 13.0 Å². The number of nitrogens with two attached hydrogens (primary N) is 1. The Hall–Kier alpha value is -1.88. The molecule has 0 radical (unpaired) electrons. The maximum Gasteiger partial charge on any atom is 0.311 e. The lowest BCUT2D eigenvalue weighted by Gasteiger charge is -2.17. The molecule has 0 spiro atoms. The third kappa shape index (κ3) is 5.40. The van der Waals surface area contributed by atoms with Crippen molar-refractivity contribution < 1.29 is 14.3 Å². The third-order valence-corrected chi connectivity index (χ3v) is 2.88. The smallest absolute Gasteiger partial charge is 0.311 e. The molecule has 20 heavy (non-hydrogen) atoms. The number of benzene rings is 1. The van der Waals surface area contributed by atoms with E-state index in [1.165, 1.54) is 0 Å². The lowest BCUT2D eigenvalue weighted by atomic mass is 9.99. The Morgan fingerprint density at radius 3 is 2.50 bits per heavy atom. The number of amides is 1. The highest BCUT2D eigenvalue weighted by Gasteiger charge is 2.21. The number of rotatable bonds is 7. The predicted molar refractivity (Wildman–Crippen MR) is 76.9 cm³/mol. The van der Waals surface area contributed by atoms with E-state index in [2.05, 4.69) is 5.32 Å². The molecule has 0 aliphatic carbocycles. The number of hydrogen-bond acceptors (Lipinski definition) is 4. The van der Waals surface area contributed by atoms with Crippen LogP contribution in [0.3, 0.4) is 0 Å². The summed E-state index contributed by atoms with van der Waals surface area (Å²) in [4.78, 5) is 23.4. The van der Waals surface area contributed by atoms with Crippen molar-refractivity contribution in [3.63, 3.8) is 0 Å². The molecular weight excluding hydrogens is 256 g/mol. The van der Waals surface area contributed by atoms with E-state index < -0.39 is 12.0 Å². The van der Waals surface area contributed by atoms with Crippen LogP contribution in [0.5, 0.6) is 0 Å². The summed E-state index contributed by atoms with van der Waals surface area (Å²) < 4.78 is 5.05. The molecular formula is C15H22N2O3. The third-order valence-electron chi connectivity index (χ3n) is 2.88. The normalized spacial score (nSPS) is 13.3. The topological polar surface area (TPSA) is 81.4 Å². The molecule has 5 nitrogen and oxygen atoms in total. The number of nitrogens with one attached hydrogen (secondary N) is 1. The van der Waals surface area contributed by atoms with Crippen molar-refractivity contribution in [3.05, 3.63) is 35.9 Å². The van der Waals surface area contributed by atoms with Crippen LogP contribution in [0.25, 0.3) is 0 Å². The van der Waals surface area contributed by atoms with Gasteiger partial charge in [-0.25, -0.2) is 0 Å². The second-order valence-corrected chi connectivity index (χ2v) is 4.67. The van der Waals surface area contributed by atoms with Crippen LogP contribution in [0.1, 0.15) is 19.4 Å². The molecule has 0 saturated carbocycles. The molecule has 0 aromatic heterocycles. The summed E-state index contributed by atoms with van der Waals surface area (Å²) in [6, 6.07) is 9.05. The average molecular weight is 278 g/mol. The minimum atomic E-state index is -0.588. The van der Waals surface area contributed by atoms with Gasteiger partial charge in [-0.15, -0.1) is 0 Å². The second kappa shape index (κ2) is 8.32. The summed E-state index contributed by atoms with van der Waals surface area (Å²) in [6.07, 6.45) is 0.527. The molecule has 5 heteroatoms. The molecule has 0 heterocycles. The lowest BCUT2D eigenvalue weighted by Crippen LogP contribution is -2.42. The Balaban J connectivity index is 2.65. The minimum absolute atomic E-state index is 0.230. The summed E-state index contributed by atoms with van der Waals surface area (Å²) in [5.74, 6) is -0.978. The molecule has 3 N–H and O–H groups in total. The average Bonchev–Trinajstić information content (AvgIpc) is 2.44. The number of ether oxygens (including phenoxy) is 1. The van der Waals surface area contributed by atoms with Crippen molar-refractivity contribution in [3.8, 4) is 0 Å². The number of carbonyl (C=O) groups is 2. The second-order valence-electron chi connectivity index (χ2n) is 4.67. The summed E-state index contributed by atoms with van der Waals surface area (Å²) in [5, 5.41) is 2.68. The van der Waals surface area contributed by atoms with Gasteiger partial charge in [0.25, 0.3) is 0 Å². The van der Waals surface area contributed by atoms with Gasteiger partial charge in [0.1, 0.15) is 0 Å². The number of esters is 1. The maximum atomic E-state index is 11.9. The van der Waals surface area contributed by atoms with Crippen LogP contribution in [0.15, 0.2) is 30.3 Å². The summed E-state index contributed by atoms with van der Waals surface area (Å²) in [5.41, 5.74) is 6.51. The first-order valence-electron chi connectivity index (χ1n) is 6.78. The van der Waals surface area contributed by atoms with Gasteiger partial charge in [0, 0.05) is 6.54 Å². The van der Waals surface area contributed by atoms with Gasteiger partial charge in [0.15, 0.2) is 0 Å². The van der Waals surface area contributed by atoms with Gasteiger partial charge in [-0.05, 0) is 25.8 Å². The van der Waals surface area contributed by atoms with Gasteiger partial charge in [-0.2, -0.15) is 0 Å². The Labute approximate surface area is 119 Å². The highest BCUT2D eigenvalue weighted by molar-refractivity contribution is 5.82. The quantitative estimate of drug-likeness (QED) is 0.725. The van der Waals surface area contributed by atoms with Crippen LogP contribution in [0, 0.1) is 5.92 Å². The van der Waals surface area contributed by atoms with Crippen LogP contribution in [-0.2, 0) is 20.7 Å². The van der Waals surface area contributed by atoms with Gasteiger partial charge < -0.3 is 15.8 Å². The monoisotopic (exact) mass is 278 g/mol. The summed E-state index contributed by atoms with van der Waals surface area (Å²) in [6.45, 7) is 3.92. The Morgan fingerprint density at radius 2 is 1.95 bits per heavy atom. The van der Waals surface area contributed by atoms with Gasteiger partial charge in [-0.1, -0.05) is 30.3 Å². The lowest BCUT2D eigenvalue weighted by molar-refractivity contribution is -0.147. The molecule has 110 valence electrons. The van der Waals surface area contributed by atoms with Gasteiger partial charge in [0.05, 0.1) is 18.6 Å². The van der Waals surface area contributed by atoms with E-state index in [-0.39, 0.29) is 18.4 Å². The molecule has 0 aliphatic rings. The molecule has 1 aromatic carbocycles. The van der Waals surface area contributed by atoms with Crippen molar-refractivity contribution in [2.24, 2.45) is 11.7 Å².